The Morgan fingerprint density at radius 3 is 2.50 bits per heavy atom. The summed E-state index contributed by atoms with van der Waals surface area (Å²) in [6, 6.07) is 2.28. The molecule has 1 aromatic carbocycles. The van der Waals surface area contributed by atoms with Gasteiger partial charge in [0.25, 0.3) is 5.91 Å². The van der Waals surface area contributed by atoms with Crippen molar-refractivity contribution >= 4 is 40.8 Å². The molecule has 0 N–H and O–H groups in total. The smallest absolute Gasteiger partial charge is 0.307 e. The Hall–Kier alpha value is -1.98. The number of benzene rings is 1. The van der Waals surface area contributed by atoms with Crippen LogP contribution in [0.5, 0.6) is 0 Å². The average Bonchev–Trinajstić information content (AvgIpc) is 3.18. The summed E-state index contributed by atoms with van der Waals surface area (Å²) in [6.45, 7) is 0. The Balaban J connectivity index is 1.76. The second kappa shape index (κ2) is 5.51. The Morgan fingerprint density at radius 2 is 1.88 bits per heavy atom. The van der Waals surface area contributed by atoms with Crippen molar-refractivity contribution in [3.8, 4) is 6.07 Å². The molecule has 26 heavy (non-hydrogen) atoms. The van der Waals surface area contributed by atoms with Gasteiger partial charge in [0, 0.05) is 5.92 Å². The van der Waals surface area contributed by atoms with Gasteiger partial charge in [0.2, 0.25) is 0 Å². The number of nitriles is 1. The lowest BCUT2D eigenvalue weighted by Gasteiger charge is -2.32. The van der Waals surface area contributed by atoms with E-state index in [9.17, 15) is 22.8 Å². The molecule has 10 heteroatoms. The monoisotopic (exact) mass is 403 g/mol. The average molecular weight is 404 g/mol. The quantitative estimate of drug-likeness (QED) is 0.533. The molecule has 0 unspecified atom stereocenters. The number of fused-ring (bicyclic) bond motifs is 5. The summed E-state index contributed by atoms with van der Waals surface area (Å²) >= 11 is 12.4. The summed E-state index contributed by atoms with van der Waals surface area (Å²) in [7, 11) is 0. The van der Waals surface area contributed by atoms with Crippen molar-refractivity contribution in [2.24, 2.45) is 5.92 Å². The van der Waals surface area contributed by atoms with Gasteiger partial charge < -0.3 is 4.90 Å². The largest absolute Gasteiger partial charge is 0.417 e. The second-order valence-corrected chi connectivity index (χ2v) is 7.51. The summed E-state index contributed by atoms with van der Waals surface area (Å²) in [5.41, 5.74) is -2.00. The topological polar surface area (TPSA) is 64.4 Å². The van der Waals surface area contributed by atoms with Gasteiger partial charge in [0.1, 0.15) is 6.04 Å². The van der Waals surface area contributed by atoms with Gasteiger partial charge >= 0.3 is 12.2 Å². The zero-order valence-electron chi connectivity index (χ0n) is 12.9. The predicted molar refractivity (Wildman–Crippen MR) is 85.8 cm³/mol. The normalized spacial score (nSPS) is 33.0. The maximum absolute atomic E-state index is 13.2. The Labute approximate surface area is 155 Å². The summed E-state index contributed by atoms with van der Waals surface area (Å²) in [4.78, 5) is 27.6. The van der Waals surface area contributed by atoms with Gasteiger partial charge in [-0.05, 0) is 24.6 Å². The minimum absolute atomic E-state index is 0.225. The molecule has 3 aliphatic rings. The maximum atomic E-state index is 13.2. The highest BCUT2D eigenvalue weighted by Crippen LogP contribution is 2.51. The van der Waals surface area contributed by atoms with Crippen LogP contribution in [0.15, 0.2) is 18.2 Å². The third-order valence-electron chi connectivity index (χ3n) is 5.23. The number of halogens is 5. The van der Waals surface area contributed by atoms with E-state index >= 15 is 0 Å². The van der Waals surface area contributed by atoms with E-state index in [-0.39, 0.29) is 11.6 Å². The molecular weight excluding hydrogens is 394 g/mol. The number of urea groups is 1. The second-order valence-electron chi connectivity index (χ2n) is 6.50. The molecule has 2 bridgehead atoms. The Kier molecular flexibility index (Phi) is 3.69. The number of carbonyl (C=O) groups is 2. The van der Waals surface area contributed by atoms with Crippen LogP contribution in [0.4, 0.5) is 23.7 Å². The molecule has 2 aliphatic heterocycles. The van der Waals surface area contributed by atoms with Crippen LogP contribution in [0.1, 0.15) is 17.5 Å². The number of nitrogens with zero attached hydrogens (tertiary/aromatic N) is 3. The fourth-order valence-corrected chi connectivity index (χ4v) is 4.94. The van der Waals surface area contributed by atoms with Crippen LogP contribution in [0, 0.1) is 17.2 Å². The van der Waals surface area contributed by atoms with E-state index in [1.807, 2.05) is 0 Å². The van der Waals surface area contributed by atoms with Crippen molar-refractivity contribution in [3.63, 3.8) is 0 Å². The number of hydrogen-bond acceptors (Lipinski definition) is 3. The van der Waals surface area contributed by atoms with Gasteiger partial charge in [-0.2, -0.15) is 18.4 Å². The van der Waals surface area contributed by atoms with Crippen molar-refractivity contribution in [2.45, 2.75) is 35.4 Å². The Bertz CT molecular complexity index is 837. The third kappa shape index (κ3) is 2.17. The maximum Gasteiger partial charge on any atom is 0.417 e. The van der Waals surface area contributed by atoms with Crippen LogP contribution < -0.4 is 4.90 Å². The lowest BCUT2D eigenvalue weighted by molar-refractivity contribution is -0.137. The summed E-state index contributed by atoms with van der Waals surface area (Å²) < 4.78 is 39.5. The zero-order chi connectivity index (χ0) is 19.0. The molecule has 2 heterocycles. The number of carbonyl (C=O) groups excluding carboxylic acids is 2. The fourth-order valence-electron chi connectivity index (χ4n) is 4.12. The first-order valence-corrected chi connectivity index (χ1v) is 8.60. The van der Waals surface area contributed by atoms with Gasteiger partial charge in [0.05, 0.1) is 39.7 Å². The third-order valence-corrected chi connectivity index (χ3v) is 6.52. The summed E-state index contributed by atoms with van der Waals surface area (Å²) in [6.07, 6.45) is -4.29. The van der Waals surface area contributed by atoms with Crippen LogP contribution >= 0.6 is 23.2 Å². The lowest BCUT2D eigenvalue weighted by Crippen LogP contribution is -2.50. The van der Waals surface area contributed by atoms with Gasteiger partial charge in [0.15, 0.2) is 0 Å². The SMILES string of the molecule is N#Cc1ccc(N2C(=O)[C@@H]3[C@H]4C[C@H]([C@@H](Cl)[C@@H]4Cl)N3C2=O)cc1C(F)(F)F. The van der Waals surface area contributed by atoms with Crippen LogP contribution in [-0.4, -0.2) is 39.7 Å². The summed E-state index contributed by atoms with van der Waals surface area (Å²) in [5, 5.41) is 7.88. The molecule has 0 aromatic heterocycles. The fraction of sp³-hybridized carbons (Fsp3) is 0.438. The number of imide groups is 1. The van der Waals surface area contributed by atoms with Crippen molar-refractivity contribution in [1.82, 2.24) is 4.90 Å². The molecule has 0 radical (unpaired) electrons. The van der Waals surface area contributed by atoms with E-state index in [1.54, 1.807) is 0 Å². The van der Waals surface area contributed by atoms with E-state index in [2.05, 4.69) is 0 Å². The van der Waals surface area contributed by atoms with Crippen LogP contribution in [0.2, 0.25) is 0 Å². The first kappa shape index (κ1) is 17.4. The van der Waals surface area contributed by atoms with E-state index in [0.29, 0.717) is 12.5 Å². The van der Waals surface area contributed by atoms with Gasteiger partial charge in [-0.3, -0.25) is 4.79 Å². The highest BCUT2D eigenvalue weighted by Gasteiger charge is 2.65. The molecule has 1 aliphatic carbocycles. The van der Waals surface area contributed by atoms with Crippen LogP contribution in [-0.2, 0) is 11.0 Å². The van der Waals surface area contributed by atoms with Gasteiger partial charge in [-0.25, -0.2) is 9.69 Å². The molecule has 5 nitrogen and oxygen atoms in total. The first-order chi connectivity index (χ1) is 12.2. The van der Waals surface area contributed by atoms with Crippen molar-refractivity contribution in [3.05, 3.63) is 29.3 Å². The molecule has 0 spiro atoms. The highest BCUT2D eigenvalue weighted by molar-refractivity contribution is 6.32. The lowest BCUT2D eigenvalue weighted by atomic mass is 9.98. The number of piperidine rings is 1. The molecule has 5 atom stereocenters. The van der Waals surface area contributed by atoms with E-state index in [0.717, 1.165) is 17.0 Å². The molecule has 4 rings (SSSR count). The standard InChI is InChI=1S/C16H10Cl2F3N3O2/c17-11-8-4-10(12(11)18)24-13(8)14(25)23(15(24)26)7-2-1-6(5-22)9(3-7)16(19,20)21/h1-3,8,10-13H,4H2/t8-,10+,11+,12+,13-/m0/s1. The van der Waals surface area contributed by atoms with Crippen LogP contribution in [0.3, 0.4) is 0 Å². The number of amides is 3. The number of hydrogen-bond donors (Lipinski definition) is 0. The molecular formula is C16H10Cl2F3N3O2. The predicted octanol–water partition coefficient (Wildman–Crippen LogP) is 3.33. The molecule has 3 amide bonds. The van der Waals surface area contributed by atoms with Crippen LogP contribution in [0.25, 0.3) is 0 Å². The van der Waals surface area contributed by atoms with Crippen molar-refractivity contribution in [2.75, 3.05) is 4.90 Å². The number of alkyl halides is 5. The van der Waals surface area contributed by atoms with E-state index in [4.69, 9.17) is 28.5 Å². The molecule has 3 fully saturated rings. The minimum Gasteiger partial charge on any atom is -0.307 e. The van der Waals surface area contributed by atoms with Gasteiger partial charge in [-0.1, -0.05) is 0 Å². The molecule has 1 aromatic rings. The number of anilines is 1. The Morgan fingerprint density at radius 1 is 1.19 bits per heavy atom. The van der Waals surface area contributed by atoms with E-state index in [1.165, 1.54) is 11.0 Å². The van der Waals surface area contributed by atoms with E-state index < -0.39 is 52.1 Å². The van der Waals surface area contributed by atoms with Crippen molar-refractivity contribution < 1.29 is 22.8 Å². The van der Waals surface area contributed by atoms with Gasteiger partial charge in [-0.15, -0.1) is 23.2 Å². The molecule has 136 valence electrons. The number of rotatable bonds is 1. The zero-order valence-corrected chi connectivity index (χ0v) is 14.4. The molecule has 1 saturated carbocycles. The van der Waals surface area contributed by atoms with Crippen molar-refractivity contribution in [1.29, 1.82) is 5.26 Å². The first-order valence-electron chi connectivity index (χ1n) is 7.72. The minimum atomic E-state index is -4.79. The highest BCUT2D eigenvalue weighted by atomic mass is 35.5. The molecule has 2 saturated heterocycles. The summed E-state index contributed by atoms with van der Waals surface area (Å²) in [5.74, 6) is -0.944.